The van der Waals surface area contributed by atoms with E-state index < -0.39 is 0 Å². The maximum absolute atomic E-state index is 3.62. The Balaban J connectivity index is 2.36. The lowest BCUT2D eigenvalue weighted by molar-refractivity contribution is 0.589. The van der Waals surface area contributed by atoms with Crippen molar-refractivity contribution in [2.24, 2.45) is 0 Å². The third-order valence-corrected chi connectivity index (χ3v) is 4.02. The van der Waals surface area contributed by atoms with Crippen molar-refractivity contribution in [3.8, 4) is 0 Å². The van der Waals surface area contributed by atoms with Crippen LogP contribution in [-0.4, -0.2) is 0 Å². The van der Waals surface area contributed by atoms with E-state index >= 15 is 0 Å². The van der Waals surface area contributed by atoms with E-state index in [1.807, 2.05) is 0 Å². The molecule has 21 heavy (non-hydrogen) atoms. The Bertz CT molecular complexity index is 605. The van der Waals surface area contributed by atoms with Crippen LogP contribution in [0.25, 0.3) is 0 Å². The van der Waals surface area contributed by atoms with Crippen LogP contribution in [0.3, 0.4) is 0 Å². The molecule has 0 radical (unpaired) electrons. The number of aryl methyl sites for hydroxylation is 2. The van der Waals surface area contributed by atoms with Gasteiger partial charge in [0.1, 0.15) is 0 Å². The standard InChI is InChI=1S/C20H27N/c1-6-15-10-8-9-11-18(15)21-19-13-12-17(20(3,4)5)14-16(19)7-2/h8-14,21H,6-7H2,1-5H3. The molecule has 2 aromatic rings. The van der Waals surface area contributed by atoms with Gasteiger partial charge in [-0.15, -0.1) is 0 Å². The Labute approximate surface area is 129 Å². The molecule has 0 spiro atoms. The van der Waals surface area contributed by atoms with Crippen molar-refractivity contribution in [2.45, 2.75) is 52.9 Å². The van der Waals surface area contributed by atoms with Gasteiger partial charge in [0, 0.05) is 11.4 Å². The molecule has 0 aliphatic carbocycles. The molecular formula is C20H27N. The minimum atomic E-state index is 0.198. The molecule has 0 atom stereocenters. The van der Waals surface area contributed by atoms with Crippen LogP contribution in [0, 0.1) is 0 Å². The van der Waals surface area contributed by atoms with E-state index in [-0.39, 0.29) is 5.41 Å². The Morgan fingerprint density at radius 3 is 2.05 bits per heavy atom. The third-order valence-electron chi connectivity index (χ3n) is 4.02. The molecule has 1 nitrogen and oxygen atoms in total. The van der Waals surface area contributed by atoms with Crippen molar-refractivity contribution in [2.75, 3.05) is 5.32 Å². The summed E-state index contributed by atoms with van der Waals surface area (Å²) in [6.45, 7) is 11.2. The first kappa shape index (κ1) is 15.6. The topological polar surface area (TPSA) is 12.0 Å². The minimum absolute atomic E-state index is 0.198. The number of para-hydroxylation sites is 1. The Hall–Kier alpha value is -1.76. The predicted molar refractivity (Wildman–Crippen MR) is 93.6 cm³/mol. The molecule has 0 aliphatic heterocycles. The van der Waals surface area contributed by atoms with Gasteiger partial charge in [-0.05, 0) is 47.1 Å². The summed E-state index contributed by atoms with van der Waals surface area (Å²) in [5.74, 6) is 0. The van der Waals surface area contributed by atoms with E-state index in [0.717, 1.165) is 12.8 Å². The molecule has 1 N–H and O–H groups in total. The highest BCUT2D eigenvalue weighted by molar-refractivity contribution is 5.66. The molecule has 0 heterocycles. The number of anilines is 2. The van der Waals surface area contributed by atoms with Crippen LogP contribution < -0.4 is 5.32 Å². The highest BCUT2D eigenvalue weighted by Gasteiger charge is 2.15. The van der Waals surface area contributed by atoms with Crippen molar-refractivity contribution >= 4 is 11.4 Å². The molecule has 112 valence electrons. The number of hydrogen-bond acceptors (Lipinski definition) is 1. The molecule has 0 saturated heterocycles. The van der Waals surface area contributed by atoms with Gasteiger partial charge in [0.15, 0.2) is 0 Å². The van der Waals surface area contributed by atoms with Gasteiger partial charge in [-0.2, -0.15) is 0 Å². The summed E-state index contributed by atoms with van der Waals surface area (Å²) in [5, 5.41) is 3.62. The van der Waals surface area contributed by atoms with Crippen molar-refractivity contribution in [1.29, 1.82) is 0 Å². The van der Waals surface area contributed by atoms with E-state index in [0.29, 0.717) is 0 Å². The van der Waals surface area contributed by atoms with Crippen LogP contribution in [-0.2, 0) is 18.3 Å². The van der Waals surface area contributed by atoms with Crippen LogP contribution in [0.15, 0.2) is 42.5 Å². The van der Waals surface area contributed by atoms with Crippen LogP contribution in [0.1, 0.15) is 51.3 Å². The second kappa shape index (κ2) is 6.34. The maximum atomic E-state index is 3.62. The normalized spacial score (nSPS) is 11.5. The van der Waals surface area contributed by atoms with Crippen molar-refractivity contribution in [3.63, 3.8) is 0 Å². The maximum Gasteiger partial charge on any atom is 0.0416 e. The highest BCUT2D eigenvalue weighted by atomic mass is 14.9. The van der Waals surface area contributed by atoms with Gasteiger partial charge in [-0.25, -0.2) is 0 Å². The number of hydrogen-bond donors (Lipinski definition) is 1. The summed E-state index contributed by atoms with van der Waals surface area (Å²) < 4.78 is 0. The first-order valence-corrected chi connectivity index (χ1v) is 7.94. The smallest absolute Gasteiger partial charge is 0.0416 e. The Kier molecular flexibility index (Phi) is 4.72. The largest absolute Gasteiger partial charge is 0.355 e. The number of benzene rings is 2. The SMILES string of the molecule is CCc1ccccc1Nc1ccc(C(C)(C)C)cc1CC. The molecule has 0 saturated carbocycles. The van der Waals surface area contributed by atoms with E-state index in [9.17, 15) is 0 Å². The average molecular weight is 281 g/mol. The second-order valence-electron chi connectivity index (χ2n) is 6.61. The highest BCUT2D eigenvalue weighted by Crippen LogP contribution is 2.29. The summed E-state index contributed by atoms with van der Waals surface area (Å²) in [6.07, 6.45) is 2.09. The van der Waals surface area contributed by atoms with Gasteiger partial charge >= 0.3 is 0 Å². The van der Waals surface area contributed by atoms with Crippen molar-refractivity contribution in [3.05, 3.63) is 59.2 Å². The van der Waals surface area contributed by atoms with E-state index in [2.05, 4.69) is 82.4 Å². The van der Waals surface area contributed by atoms with Crippen LogP contribution in [0.4, 0.5) is 11.4 Å². The number of rotatable bonds is 4. The van der Waals surface area contributed by atoms with Gasteiger partial charge in [0.2, 0.25) is 0 Å². The van der Waals surface area contributed by atoms with Crippen LogP contribution in [0.2, 0.25) is 0 Å². The molecule has 2 aromatic carbocycles. The molecular weight excluding hydrogens is 254 g/mol. The predicted octanol–water partition coefficient (Wildman–Crippen LogP) is 5.85. The fraction of sp³-hybridized carbons (Fsp3) is 0.400. The van der Waals surface area contributed by atoms with E-state index in [4.69, 9.17) is 0 Å². The van der Waals surface area contributed by atoms with Gasteiger partial charge in [0.25, 0.3) is 0 Å². The monoisotopic (exact) mass is 281 g/mol. The summed E-state index contributed by atoms with van der Waals surface area (Å²) in [7, 11) is 0. The lowest BCUT2D eigenvalue weighted by Crippen LogP contribution is -2.12. The van der Waals surface area contributed by atoms with Crippen LogP contribution in [0.5, 0.6) is 0 Å². The summed E-state index contributed by atoms with van der Waals surface area (Å²) in [6, 6.07) is 15.4. The molecule has 1 heteroatoms. The van der Waals surface area contributed by atoms with E-state index in [1.54, 1.807) is 0 Å². The van der Waals surface area contributed by atoms with Gasteiger partial charge in [0.05, 0.1) is 0 Å². The Morgan fingerprint density at radius 2 is 1.43 bits per heavy atom. The van der Waals surface area contributed by atoms with Gasteiger partial charge in [-0.3, -0.25) is 0 Å². The van der Waals surface area contributed by atoms with Gasteiger partial charge < -0.3 is 5.32 Å². The lowest BCUT2D eigenvalue weighted by atomic mass is 9.85. The van der Waals surface area contributed by atoms with Crippen LogP contribution >= 0.6 is 0 Å². The van der Waals surface area contributed by atoms with Gasteiger partial charge in [-0.1, -0.05) is 65.0 Å². The fourth-order valence-corrected chi connectivity index (χ4v) is 2.57. The first-order chi connectivity index (χ1) is 9.95. The van der Waals surface area contributed by atoms with E-state index in [1.165, 1.54) is 28.1 Å². The molecule has 0 amide bonds. The minimum Gasteiger partial charge on any atom is -0.355 e. The molecule has 0 fully saturated rings. The fourth-order valence-electron chi connectivity index (χ4n) is 2.57. The molecule has 0 unspecified atom stereocenters. The second-order valence-corrected chi connectivity index (χ2v) is 6.61. The zero-order chi connectivity index (χ0) is 15.5. The quantitative estimate of drug-likeness (QED) is 0.741. The lowest BCUT2D eigenvalue weighted by Gasteiger charge is -2.22. The van der Waals surface area contributed by atoms with Crippen molar-refractivity contribution in [1.82, 2.24) is 0 Å². The molecule has 0 aliphatic rings. The van der Waals surface area contributed by atoms with Crippen molar-refractivity contribution < 1.29 is 0 Å². The number of nitrogens with one attached hydrogen (secondary N) is 1. The summed E-state index contributed by atoms with van der Waals surface area (Å²) in [4.78, 5) is 0. The third kappa shape index (κ3) is 3.66. The summed E-state index contributed by atoms with van der Waals surface area (Å²) in [5.41, 5.74) is 6.79. The molecule has 0 bridgehead atoms. The Morgan fingerprint density at radius 1 is 0.810 bits per heavy atom. The first-order valence-electron chi connectivity index (χ1n) is 7.94. The zero-order valence-corrected chi connectivity index (χ0v) is 14.0. The molecule has 2 rings (SSSR count). The molecule has 0 aromatic heterocycles. The average Bonchev–Trinajstić information content (AvgIpc) is 2.47. The zero-order valence-electron chi connectivity index (χ0n) is 14.0. The summed E-state index contributed by atoms with van der Waals surface area (Å²) >= 11 is 0.